The number of rotatable bonds is 4. The molecule has 1 aromatic heterocycles. The molecule has 28 heavy (non-hydrogen) atoms. The van der Waals surface area contributed by atoms with Gasteiger partial charge in [0.1, 0.15) is 5.00 Å². The van der Waals surface area contributed by atoms with Crippen LogP contribution < -0.4 is 10.6 Å². The van der Waals surface area contributed by atoms with Gasteiger partial charge in [-0.25, -0.2) is 9.59 Å². The van der Waals surface area contributed by atoms with Crippen molar-refractivity contribution in [2.75, 3.05) is 17.7 Å². The zero-order valence-corrected chi connectivity index (χ0v) is 17.2. The molecule has 0 saturated carbocycles. The molecule has 0 unspecified atom stereocenters. The molecule has 0 atom stereocenters. The van der Waals surface area contributed by atoms with Crippen LogP contribution in [0.1, 0.15) is 56.8 Å². The van der Waals surface area contributed by atoms with Crippen LogP contribution in [0.4, 0.5) is 10.7 Å². The van der Waals surface area contributed by atoms with E-state index in [2.05, 4.69) is 10.6 Å². The van der Waals surface area contributed by atoms with Crippen LogP contribution >= 0.6 is 23.6 Å². The number of ether oxygens (including phenoxy) is 1. The number of benzene rings is 1. The summed E-state index contributed by atoms with van der Waals surface area (Å²) >= 11 is 6.93. The van der Waals surface area contributed by atoms with E-state index in [1.807, 2.05) is 0 Å². The molecule has 0 bridgehead atoms. The Kier molecular flexibility index (Phi) is 6.64. The summed E-state index contributed by atoms with van der Waals surface area (Å²) in [6.45, 7) is 0. The molecule has 3 N–H and O–H groups in total. The molecule has 0 radical (unpaired) electrons. The maximum atomic E-state index is 12.4. The summed E-state index contributed by atoms with van der Waals surface area (Å²) in [6, 6.07) is 6.39. The number of fused-ring (bicyclic) bond motifs is 1. The van der Waals surface area contributed by atoms with Gasteiger partial charge in [0, 0.05) is 10.6 Å². The number of hydrogen-bond acceptors (Lipinski definition) is 5. The van der Waals surface area contributed by atoms with Crippen LogP contribution in [-0.4, -0.2) is 29.3 Å². The Morgan fingerprint density at radius 1 is 1.14 bits per heavy atom. The van der Waals surface area contributed by atoms with Gasteiger partial charge in [0.2, 0.25) is 0 Å². The molecule has 0 saturated heterocycles. The van der Waals surface area contributed by atoms with E-state index in [4.69, 9.17) is 22.1 Å². The predicted octanol–water partition coefficient (Wildman–Crippen LogP) is 4.70. The molecular weight excluding hydrogens is 396 g/mol. The molecule has 0 aliphatic heterocycles. The van der Waals surface area contributed by atoms with Crippen molar-refractivity contribution in [1.29, 1.82) is 0 Å². The van der Waals surface area contributed by atoms with Crippen molar-refractivity contribution in [2.24, 2.45) is 0 Å². The maximum Gasteiger partial charge on any atom is 0.341 e. The van der Waals surface area contributed by atoms with Crippen LogP contribution in [-0.2, 0) is 17.6 Å². The largest absolute Gasteiger partial charge is 0.478 e. The molecule has 3 rings (SSSR count). The van der Waals surface area contributed by atoms with Gasteiger partial charge in [0.25, 0.3) is 0 Å². The highest BCUT2D eigenvalue weighted by molar-refractivity contribution is 7.80. The predicted molar refractivity (Wildman–Crippen MR) is 115 cm³/mol. The summed E-state index contributed by atoms with van der Waals surface area (Å²) in [5, 5.41) is 16.2. The van der Waals surface area contributed by atoms with E-state index in [1.54, 1.807) is 23.5 Å². The van der Waals surface area contributed by atoms with Crippen molar-refractivity contribution in [3.05, 3.63) is 45.8 Å². The van der Waals surface area contributed by atoms with E-state index >= 15 is 0 Å². The Morgan fingerprint density at radius 3 is 2.61 bits per heavy atom. The standard InChI is InChI=1S/C20H22N2O4S2/c1-26-19(25)16-14-9-4-2-3-5-10-15(14)28-17(16)22-20(27)21-13-8-6-7-12(11-13)18(23)24/h6-8,11H,2-5,9-10H2,1H3,(H,23,24)(H2,21,22,27). The molecule has 1 aliphatic carbocycles. The van der Waals surface area contributed by atoms with Crippen LogP contribution in [0.25, 0.3) is 0 Å². The lowest BCUT2D eigenvalue weighted by molar-refractivity contribution is 0.0600. The summed E-state index contributed by atoms with van der Waals surface area (Å²) < 4.78 is 5.01. The Labute approximate surface area is 172 Å². The number of carboxylic acid groups (broad SMARTS) is 1. The van der Waals surface area contributed by atoms with E-state index in [1.165, 1.54) is 37.0 Å². The third kappa shape index (κ3) is 4.69. The summed E-state index contributed by atoms with van der Waals surface area (Å²) in [4.78, 5) is 24.8. The molecule has 0 fully saturated rings. The summed E-state index contributed by atoms with van der Waals surface area (Å²) in [5.74, 6) is -1.37. The Hall–Kier alpha value is -2.45. The first-order valence-corrected chi connectivity index (χ1v) is 10.4. The van der Waals surface area contributed by atoms with Crippen LogP contribution in [0.5, 0.6) is 0 Å². The minimum absolute atomic E-state index is 0.169. The second kappa shape index (κ2) is 9.16. The number of methoxy groups -OCH3 is 1. The van der Waals surface area contributed by atoms with E-state index in [0.29, 0.717) is 21.4 Å². The van der Waals surface area contributed by atoms with Gasteiger partial charge in [0.05, 0.1) is 18.2 Å². The average molecular weight is 419 g/mol. The van der Waals surface area contributed by atoms with Crippen molar-refractivity contribution in [3.63, 3.8) is 0 Å². The van der Waals surface area contributed by atoms with E-state index in [0.717, 1.165) is 31.2 Å². The van der Waals surface area contributed by atoms with Crippen molar-refractivity contribution >= 4 is 51.3 Å². The molecule has 1 aromatic carbocycles. The molecule has 8 heteroatoms. The van der Waals surface area contributed by atoms with Crippen molar-refractivity contribution in [1.82, 2.24) is 0 Å². The normalized spacial score (nSPS) is 13.6. The number of thiophene rings is 1. The highest BCUT2D eigenvalue weighted by Crippen LogP contribution is 2.37. The van der Waals surface area contributed by atoms with Crippen molar-refractivity contribution in [3.8, 4) is 0 Å². The highest BCUT2D eigenvalue weighted by Gasteiger charge is 2.25. The molecule has 1 heterocycles. The third-order valence-electron chi connectivity index (χ3n) is 4.66. The van der Waals surface area contributed by atoms with Gasteiger partial charge in [-0.05, 0) is 61.7 Å². The Balaban J connectivity index is 1.83. The summed E-state index contributed by atoms with van der Waals surface area (Å²) in [6.07, 6.45) is 6.34. The minimum atomic E-state index is -1.01. The van der Waals surface area contributed by atoms with Crippen LogP contribution in [0.15, 0.2) is 24.3 Å². The van der Waals surface area contributed by atoms with Gasteiger partial charge in [-0.3, -0.25) is 0 Å². The lowest BCUT2D eigenvalue weighted by Crippen LogP contribution is -2.20. The van der Waals surface area contributed by atoms with Crippen LogP contribution in [0.2, 0.25) is 0 Å². The molecule has 6 nitrogen and oxygen atoms in total. The first kappa shape index (κ1) is 20.3. The fourth-order valence-corrected chi connectivity index (χ4v) is 4.89. The average Bonchev–Trinajstić information content (AvgIpc) is 2.97. The van der Waals surface area contributed by atoms with Crippen LogP contribution in [0, 0.1) is 0 Å². The lowest BCUT2D eigenvalue weighted by atomic mass is 9.96. The number of aryl methyl sites for hydroxylation is 1. The molecular formula is C20H22N2O4S2. The fourth-order valence-electron chi connectivity index (χ4n) is 3.32. The summed E-state index contributed by atoms with van der Waals surface area (Å²) in [7, 11) is 1.38. The number of carbonyl (C=O) groups excluding carboxylic acids is 1. The first-order chi connectivity index (χ1) is 13.5. The zero-order valence-electron chi connectivity index (χ0n) is 15.5. The smallest absolute Gasteiger partial charge is 0.341 e. The molecule has 2 aromatic rings. The first-order valence-electron chi connectivity index (χ1n) is 9.14. The highest BCUT2D eigenvalue weighted by atomic mass is 32.1. The number of anilines is 2. The monoisotopic (exact) mass is 418 g/mol. The lowest BCUT2D eigenvalue weighted by Gasteiger charge is -2.12. The van der Waals surface area contributed by atoms with Gasteiger partial charge >= 0.3 is 11.9 Å². The number of esters is 1. The summed E-state index contributed by atoms with van der Waals surface area (Å²) in [5.41, 5.74) is 2.36. The van der Waals surface area contributed by atoms with Gasteiger partial charge in [0.15, 0.2) is 5.11 Å². The molecule has 0 amide bonds. The van der Waals surface area contributed by atoms with Gasteiger partial charge in [-0.15, -0.1) is 11.3 Å². The number of nitrogens with one attached hydrogen (secondary N) is 2. The van der Waals surface area contributed by atoms with Crippen molar-refractivity contribution in [2.45, 2.75) is 38.5 Å². The van der Waals surface area contributed by atoms with E-state index < -0.39 is 5.97 Å². The fraction of sp³-hybridized carbons (Fsp3) is 0.350. The van der Waals surface area contributed by atoms with E-state index in [9.17, 15) is 9.59 Å². The van der Waals surface area contributed by atoms with Gasteiger partial charge < -0.3 is 20.5 Å². The number of aromatic carboxylic acids is 1. The number of hydrogen-bond donors (Lipinski definition) is 3. The quantitative estimate of drug-likeness (QED) is 0.490. The minimum Gasteiger partial charge on any atom is -0.478 e. The Morgan fingerprint density at radius 2 is 1.89 bits per heavy atom. The molecule has 1 aliphatic rings. The maximum absolute atomic E-state index is 12.4. The SMILES string of the molecule is COC(=O)c1c(NC(=S)Nc2cccc(C(=O)O)c2)sc2c1CCCCCC2. The number of carbonyl (C=O) groups is 2. The molecule has 0 spiro atoms. The second-order valence-electron chi connectivity index (χ2n) is 6.58. The molecule has 148 valence electrons. The number of thiocarbonyl (C=S) groups is 1. The van der Waals surface area contributed by atoms with Crippen LogP contribution in [0.3, 0.4) is 0 Å². The van der Waals surface area contributed by atoms with Gasteiger partial charge in [-0.1, -0.05) is 18.9 Å². The Bertz CT molecular complexity index is 908. The number of carboxylic acids is 1. The topological polar surface area (TPSA) is 87.7 Å². The second-order valence-corrected chi connectivity index (χ2v) is 8.09. The van der Waals surface area contributed by atoms with Gasteiger partial charge in [-0.2, -0.15) is 0 Å². The third-order valence-corrected chi connectivity index (χ3v) is 6.07. The van der Waals surface area contributed by atoms with E-state index in [-0.39, 0.29) is 11.5 Å². The van der Waals surface area contributed by atoms with Crippen molar-refractivity contribution < 1.29 is 19.4 Å². The zero-order chi connectivity index (χ0) is 20.1.